The van der Waals surface area contributed by atoms with Crippen molar-refractivity contribution >= 4 is 44.1 Å². The van der Waals surface area contributed by atoms with Gasteiger partial charge >= 0.3 is 0 Å². The maximum Gasteiger partial charge on any atom is 0.198 e. The van der Waals surface area contributed by atoms with Crippen LogP contribution in [-0.4, -0.2) is 39.7 Å². The summed E-state index contributed by atoms with van der Waals surface area (Å²) in [5.41, 5.74) is -11.4. The van der Waals surface area contributed by atoms with Gasteiger partial charge in [0, 0.05) is 25.0 Å². The van der Waals surface area contributed by atoms with E-state index in [9.17, 15) is 35.1 Å². The van der Waals surface area contributed by atoms with Gasteiger partial charge in [-0.05, 0) is 6.07 Å². The van der Waals surface area contributed by atoms with Gasteiger partial charge in [-0.3, -0.25) is 0 Å². The number of nitrogens with zero attached hydrogens (tertiary/aromatic N) is 7. The molecule has 4 aromatic carbocycles. The molecular weight excluding hydrogens is 866 g/mol. The molecule has 1 N–H and O–H groups in total. The second-order valence-electron chi connectivity index (χ2n) is 11.6. The second kappa shape index (κ2) is 12.4. The first-order valence-electron chi connectivity index (χ1n) is 14.7. The molecule has 8 bridgehead atoms. The summed E-state index contributed by atoms with van der Waals surface area (Å²) in [5.74, 6) is -41.5. The van der Waals surface area contributed by atoms with E-state index < -0.39 is 182 Å². The second-order valence-corrected chi connectivity index (χ2v) is 11.6. The van der Waals surface area contributed by atoms with Crippen LogP contribution in [0.25, 0.3) is 89.7 Å². The number of rotatable bonds is 0. The average Bonchev–Trinajstić information content (AvgIpc) is 3.89. The molecule has 0 amide bonds. The number of halogens is 16. The molecule has 0 unspecified atom stereocenters. The van der Waals surface area contributed by atoms with Crippen LogP contribution >= 0.6 is 0 Å². The van der Waals surface area contributed by atoms with E-state index in [1.165, 1.54) is 0 Å². The molecule has 0 radical (unpaired) electrons. The molecule has 2 aliphatic heterocycles. The summed E-state index contributed by atoms with van der Waals surface area (Å²) >= 11 is 0. The van der Waals surface area contributed by atoms with Gasteiger partial charge in [0.05, 0.1) is 38.2 Å². The van der Waals surface area contributed by atoms with Gasteiger partial charge in [0.25, 0.3) is 0 Å². The first-order valence-corrected chi connectivity index (χ1v) is 14.7. The molecule has 0 atom stereocenters. The Bertz CT molecular complexity index is 3240. The van der Waals surface area contributed by atoms with Gasteiger partial charge in [-0.1, -0.05) is 4.48 Å². The number of hydrogen-bond acceptors (Lipinski definition) is 6. The summed E-state index contributed by atoms with van der Waals surface area (Å²) < 4.78 is 241. The average molecular weight is 868 g/mol. The molecule has 9 rings (SSSR count). The van der Waals surface area contributed by atoms with Crippen molar-refractivity contribution in [3.05, 3.63) is 93.3 Å². The summed E-state index contributed by atoms with van der Waals surface area (Å²) in [6, 6.07) is 0.162. The van der Waals surface area contributed by atoms with Crippen LogP contribution in [0.4, 0.5) is 70.3 Å². The third kappa shape index (κ3) is 4.80. The van der Waals surface area contributed by atoms with Crippen molar-refractivity contribution in [1.29, 1.82) is 0 Å². The minimum Gasteiger partial charge on any atom is -0.324 e. The van der Waals surface area contributed by atoms with Crippen LogP contribution in [0.1, 0.15) is 0 Å². The molecule has 5 heterocycles. The van der Waals surface area contributed by atoms with Crippen molar-refractivity contribution in [3.63, 3.8) is 0 Å². The monoisotopic (exact) mass is 866 g/mol. The number of nitrogens with one attached hydrogen (secondary N) is 1. The van der Waals surface area contributed by atoms with Crippen LogP contribution in [0, 0.1) is 87.3 Å². The topological polar surface area (TPSA) is 98.1 Å². The summed E-state index contributed by atoms with van der Waals surface area (Å²) in [4.78, 5) is 22.3. The van der Waals surface area contributed by atoms with Gasteiger partial charge < -0.3 is 4.98 Å². The Morgan fingerprint density at radius 3 is 1.19 bits per heavy atom. The van der Waals surface area contributed by atoms with Crippen molar-refractivity contribution in [2.24, 2.45) is 0 Å². The predicted octanol–water partition coefficient (Wildman–Crippen LogP) is 9.16. The van der Waals surface area contributed by atoms with Gasteiger partial charge in [0.15, 0.2) is 122 Å². The number of aromatic nitrogens is 8. The molecule has 3 aromatic heterocycles. The molecule has 7 aromatic rings. The van der Waals surface area contributed by atoms with Crippen molar-refractivity contribution in [3.8, 4) is 45.6 Å². The molecule has 25 heteroatoms. The summed E-state index contributed by atoms with van der Waals surface area (Å²) in [6.07, 6.45) is 0. The van der Waals surface area contributed by atoms with Gasteiger partial charge in [-0.15, -0.1) is 4.79 Å². The van der Waals surface area contributed by atoms with Gasteiger partial charge in [0.1, 0.15) is 11.3 Å². The molecule has 284 valence electrons. The van der Waals surface area contributed by atoms with E-state index >= 15 is 35.2 Å². The zero-order valence-electron chi connectivity index (χ0n) is 26.5. The Labute approximate surface area is 312 Å². The normalized spacial score (nSPS) is 12.1. The fraction of sp³-hybridized carbons (Fsp3) is 0. The number of H-pyrrole nitrogens is 1. The summed E-state index contributed by atoms with van der Waals surface area (Å²) in [6.45, 7) is 0. The Hall–Kier alpha value is -6.26. The molecular formula is C32H2F16N8Zn. The van der Waals surface area contributed by atoms with Crippen molar-refractivity contribution in [2.75, 3.05) is 0 Å². The van der Waals surface area contributed by atoms with Crippen LogP contribution in [0.2, 0.25) is 0 Å². The van der Waals surface area contributed by atoms with Crippen LogP contribution in [0.3, 0.4) is 0 Å². The Morgan fingerprint density at radius 2 is 0.719 bits per heavy atom. The Kier molecular flexibility index (Phi) is 8.17. The largest absolute Gasteiger partial charge is 0.324 e. The molecule has 0 saturated carbocycles. The molecule has 0 aliphatic carbocycles. The van der Waals surface area contributed by atoms with E-state index in [1.54, 1.807) is 0 Å². The van der Waals surface area contributed by atoms with Crippen LogP contribution < -0.4 is 0 Å². The Morgan fingerprint density at radius 1 is 0.368 bits per heavy atom. The minimum absolute atomic E-state index is 0. The predicted molar refractivity (Wildman–Crippen MR) is 156 cm³/mol. The smallest absolute Gasteiger partial charge is 0.198 e. The zero-order chi connectivity index (χ0) is 40.1. The first-order chi connectivity index (χ1) is 26.4. The summed E-state index contributed by atoms with van der Waals surface area (Å²) in [5, 5.41) is -6.24. The van der Waals surface area contributed by atoms with Crippen molar-refractivity contribution in [1.82, 2.24) is 39.7 Å². The van der Waals surface area contributed by atoms with Crippen LogP contribution in [0.15, 0.2) is 6.07 Å². The number of aromatic amines is 1. The van der Waals surface area contributed by atoms with Gasteiger partial charge in [0.2, 0.25) is 0 Å². The SMILES string of the molecule is Fc1cc2c(c(F)c1F)-c1nc-2nc2[nH]c(nc3nc(nc4c5c(F)c(F)c(F)c(F)c5c(n1)n4F)-c1c(F)c(F)c(F)c(F)c1-3)c1c(F)c(F)c(F)c(F)c21.[Zn]. The van der Waals surface area contributed by atoms with Crippen LogP contribution in [-0.2, 0) is 19.5 Å². The van der Waals surface area contributed by atoms with E-state index in [1.807, 2.05) is 4.98 Å². The molecule has 8 nitrogen and oxygen atoms in total. The number of benzene rings is 4. The van der Waals surface area contributed by atoms with E-state index in [0.29, 0.717) is 0 Å². The molecule has 0 fully saturated rings. The molecule has 0 saturated heterocycles. The van der Waals surface area contributed by atoms with Crippen LogP contribution in [0.5, 0.6) is 0 Å². The third-order valence-electron chi connectivity index (χ3n) is 8.69. The summed E-state index contributed by atoms with van der Waals surface area (Å²) in [7, 11) is 0. The first kappa shape index (κ1) is 37.7. The molecule has 2 aliphatic rings. The number of fused-ring (bicyclic) bond motifs is 20. The van der Waals surface area contributed by atoms with Crippen molar-refractivity contribution in [2.45, 2.75) is 0 Å². The third-order valence-corrected chi connectivity index (χ3v) is 8.69. The van der Waals surface area contributed by atoms with Gasteiger partial charge in [-0.25, -0.2) is 95.8 Å². The Balaban J connectivity index is 0.00000455. The fourth-order valence-corrected chi connectivity index (χ4v) is 6.24. The standard InChI is InChI=1S/C32H2F16N8.Zn/c33-3-1-2-4(12(35)11(3)34)26-49-25(2)50-27-5-6(14(37)20(43)19(42)13(5)36)28(51-27)52-29-7-8(16(39)22(45)21(44)15(7)38)30(53-29)55-32-10-9(31(54-26)56(32)48)17(40)23(46)24(47)18(10)41;/h1H,(H,49,50,51,52,53,54,55);. The van der Waals surface area contributed by atoms with Gasteiger partial charge in [-0.2, -0.15) is 0 Å². The van der Waals surface area contributed by atoms with E-state index in [0.717, 1.165) is 0 Å². The maximum atomic E-state index is 16.3. The van der Waals surface area contributed by atoms with Crippen molar-refractivity contribution < 1.29 is 89.8 Å². The minimum atomic E-state index is -2.63. The molecule has 0 spiro atoms. The fourth-order valence-electron chi connectivity index (χ4n) is 6.24. The maximum absolute atomic E-state index is 16.3. The van der Waals surface area contributed by atoms with E-state index in [2.05, 4.69) is 29.9 Å². The van der Waals surface area contributed by atoms with E-state index in [-0.39, 0.29) is 25.5 Å². The van der Waals surface area contributed by atoms with E-state index in [4.69, 9.17) is 0 Å². The quantitative estimate of drug-likeness (QED) is 0.0707. The number of hydrogen-bond donors (Lipinski definition) is 1. The zero-order valence-corrected chi connectivity index (χ0v) is 29.4. The molecule has 57 heavy (non-hydrogen) atoms.